The molecule has 152 valence electrons. The van der Waals surface area contributed by atoms with E-state index < -0.39 is 10.0 Å². The Kier molecular flexibility index (Phi) is 6.84. The van der Waals surface area contributed by atoms with Gasteiger partial charge in [-0.3, -0.25) is 4.79 Å². The highest BCUT2D eigenvalue weighted by molar-refractivity contribution is 7.91. The lowest BCUT2D eigenvalue weighted by Gasteiger charge is -2.36. The molecular weight excluding hydrogens is 406 g/mol. The van der Waals surface area contributed by atoms with E-state index in [0.717, 1.165) is 17.8 Å². The molecule has 1 aromatic heterocycles. The van der Waals surface area contributed by atoms with Crippen LogP contribution in [0.4, 0.5) is 0 Å². The summed E-state index contributed by atoms with van der Waals surface area (Å²) in [6, 6.07) is 3.52. The molecule has 1 amide bonds. The van der Waals surface area contributed by atoms with Gasteiger partial charge in [-0.1, -0.05) is 38.3 Å². The lowest BCUT2D eigenvalue weighted by Crippen LogP contribution is -2.53. The zero-order valence-electron chi connectivity index (χ0n) is 15.9. The van der Waals surface area contributed by atoms with Crippen molar-refractivity contribution in [2.45, 2.75) is 43.4 Å². The number of nitrogens with zero attached hydrogens (tertiary/aromatic N) is 2. The topological polar surface area (TPSA) is 69.7 Å². The van der Waals surface area contributed by atoms with Gasteiger partial charge in [0, 0.05) is 32.2 Å². The predicted molar refractivity (Wildman–Crippen MR) is 109 cm³/mol. The molecule has 1 aliphatic carbocycles. The molecule has 2 heterocycles. The van der Waals surface area contributed by atoms with Crippen LogP contribution in [0.2, 0.25) is 4.34 Å². The Hall–Kier alpha value is -0.670. The molecule has 1 saturated heterocycles. The van der Waals surface area contributed by atoms with E-state index >= 15 is 0 Å². The molecule has 0 aromatic carbocycles. The number of piperazine rings is 1. The minimum atomic E-state index is -3.52. The molecular formula is C18H28ClN3O3S2. The van der Waals surface area contributed by atoms with Crippen molar-refractivity contribution in [1.82, 2.24) is 14.5 Å². The number of carbonyl (C=O) groups excluding carboxylic acids is 1. The molecule has 0 radical (unpaired) electrons. The Morgan fingerprint density at radius 2 is 1.93 bits per heavy atom. The van der Waals surface area contributed by atoms with Crippen LogP contribution in [-0.4, -0.2) is 62.3 Å². The lowest BCUT2D eigenvalue weighted by molar-refractivity contribution is -0.131. The maximum Gasteiger partial charge on any atom is 0.252 e. The second-order valence-corrected chi connectivity index (χ2v) is 11.5. The van der Waals surface area contributed by atoms with Crippen molar-refractivity contribution in [3.05, 3.63) is 16.5 Å². The van der Waals surface area contributed by atoms with E-state index in [9.17, 15) is 13.2 Å². The highest BCUT2D eigenvalue weighted by Crippen LogP contribution is 2.30. The van der Waals surface area contributed by atoms with Gasteiger partial charge in [0.1, 0.15) is 4.21 Å². The molecule has 2 aliphatic rings. The zero-order valence-corrected chi connectivity index (χ0v) is 18.2. The largest absolute Gasteiger partial charge is 0.339 e. The second kappa shape index (κ2) is 8.78. The molecule has 6 nitrogen and oxygen atoms in total. The van der Waals surface area contributed by atoms with Gasteiger partial charge in [0.25, 0.3) is 10.0 Å². The molecule has 0 bridgehead atoms. The van der Waals surface area contributed by atoms with Crippen molar-refractivity contribution in [3.63, 3.8) is 0 Å². The van der Waals surface area contributed by atoms with Gasteiger partial charge in [0.2, 0.25) is 5.91 Å². The number of sulfonamides is 1. The van der Waals surface area contributed by atoms with Gasteiger partial charge >= 0.3 is 0 Å². The van der Waals surface area contributed by atoms with Crippen LogP contribution in [0.25, 0.3) is 0 Å². The van der Waals surface area contributed by atoms with Crippen LogP contribution in [0.15, 0.2) is 16.3 Å². The van der Waals surface area contributed by atoms with Gasteiger partial charge in [-0.2, -0.15) is 4.31 Å². The summed E-state index contributed by atoms with van der Waals surface area (Å²) in [6.45, 7) is 6.36. The van der Waals surface area contributed by atoms with Crippen LogP contribution < -0.4 is 5.32 Å². The molecule has 27 heavy (non-hydrogen) atoms. The van der Waals surface area contributed by atoms with Gasteiger partial charge < -0.3 is 10.2 Å². The monoisotopic (exact) mass is 433 g/mol. The number of thiophene rings is 1. The van der Waals surface area contributed by atoms with Gasteiger partial charge in [0.15, 0.2) is 0 Å². The number of hydrogen-bond donors (Lipinski definition) is 1. The third-order valence-corrected chi connectivity index (χ3v) is 9.55. The summed E-state index contributed by atoms with van der Waals surface area (Å²) in [7, 11) is -3.52. The van der Waals surface area contributed by atoms with Crippen LogP contribution in [-0.2, 0) is 14.8 Å². The van der Waals surface area contributed by atoms with E-state index in [1.165, 1.54) is 23.2 Å². The predicted octanol–water partition coefficient (Wildman–Crippen LogP) is 2.65. The fourth-order valence-electron chi connectivity index (χ4n) is 3.94. The number of carbonyl (C=O) groups is 1. The Morgan fingerprint density at radius 3 is 2.56 bits per heavy atom. The first-order valence-corrected chi connectivity index (χ1v) is 12.2. The van der Waals surface area contributed by atoms with Gasteiger partial charge in [-0.15, -0.1) is 11.3 Å². The Morgan fingerprint density at radius 1 is 1.22 bits per heavy atom. The molecule has 1 aliphatic heterocycles. The molecule has 1 N–H and O–H groups in total. The lowest BCUT2D eigenvalue weighted by atomic mass is 9.78. The first-order chi connectivity index (χ1) is 12.8. The van der Waals surface area contributed by atoms with Crippen molar-refractivity contribution >= 4 is 38.9 Å². The molecule has 1 aromatic rings. The standard InChI is InChI=1S/C18H28ClN3O3S2/c1-13-4-3-5-15(14(13)2)20-12-17(23)21-8-10-22(11-9-21)27(24,25)18-7-6-16(19)26-18/h6-7,13-15,20H,3-5,8-12H2,1-2H3. The molecule has 1 saturated carbocycles. The minimum Gasteiger partial charge on any atom is -0.339 e. The zero-order chi connectivity index (χ0) is 19.6. The van der Waals surface area contributed by atoms with Crippen molar-refractivity contribution in [2.75, 3.05) is 32.7 Å². The summed E-state index contributed by atoms with van der Waals surface area (Å²) in [5, 5.41) is 3.43. The van der Waals surface area contributed by atoms with Gasteiger partial charge in [-0.25, -0.2) is 8.42 Å². The number of nitrogens with one attached hydrogen (secondary N) is 1. The summed E-state index contributed by atoms with van der Waals surface area (Å²) < 4.78 is 27.4. The fourth-order valence-corrected chi connectivity index (χ4v) is 7.00. The highest BCUT2D eigenvalue weighted by atomic mass is 35.5. The Labute approximate surface area is 170 Å². The van der Waals surface area contributed by atoms with Crippen molar-refractivity contribution in [3.8, 4) is 0 Å². The van der Waals surface area contributed by atoms with Crippen LogP contribution in [0.3, 0.4) is 0 Å². The number of hydrogen-bond acceptors (Lipinski definition) is 5. The third kappa shape index (κ3) is 4.85. The third-order valence-electron chi connectivity index (χ3n) is 5.96. The van der Waals surface area contributed by atoms with Crippen LogP contribution >= 0.6 is 22.9 Å². The van der Waals surface area contributed by atoms with Crippen molar-refractivity contribution in [1.29, 1.82) is 0 Å². The van der Waals surface area contributed by atoms with E-state index in [2.05, 4.69) is 19.2 Å². The quantitative estimate of drug-likeness (QED) is 0.774. The average molecular weight is 434 g/mol. The average Bonchev–Trinajstić information content (AvgIpc) is 3.10. The van der Waals surface area contributed by atoms with E-state index in [1.807, 2.05) is 0 Å². The highest BCUT2D eigenvalue weighted by Gasteiger charge is 2.32. The number of amides is 1. The van der Waals surface area contributed by atoms with Crippen molar-refractivity contribution in [2.24, 2.45) is 11.8 Å². The van der Waals surface area contributed by atoms with Crippen LogP contribution in [0, 0.1) is 11.8 Å². The van der Waals surface area contributed by atoms with Crippen molar-refractivity contribution < 1.29 is 13.2 Å². The number of rotatable bonds is 5. The number of halogens is 1. The molecule has 0 spiro atoms. The van der Waals surface area contributed by atoms with E-state index in [4.69, 9.17) is 11.6 Å². The summed E-state index contributed by atoms with van der Waals surface area (Å²) in [5.74, 6) is 1.31. The summed E-state index contributed by atoms with van der Waals surface area (Å²) in [5.41, 5.74) is 0. The maximum absolute atomic E-state index is 12.6. The van der Waals surface area contributed by atoms with Gasteiger partial charge in [-0.05, 0) is 30.4 Å². The maximum atomic E-state index is 12.6. The first-order valence-electron chi connectivity index (χ1n) is 9.55. The Balaban J connectivity index is 1.49. The molecule has 3 atom stereocenters. The molecule has 9 heteroatoms. The summed E-state index contributed by atoms with van der Waals surface area (Å²) >= 11 is 6.93. The minimum absolute atomic E-state index is 0.0524. The second-order valence-electron chi connectivity index (χ2n) is 7.60. The summed E-state index contributed by atoms with van der Waals surface area (Å²) in [6.07, 6.45) is 3.59. The SMILES string of the molecule is CC1CCCC(NCC(=O)N2CCN(S(=O)(=O)c3ccc(Cl)s3)CC2)C1C. The van der Waals surface area contributed by atoms with E-state index in [1.54, 1.807) is 11.0 Å². The normalized spacial score (nSPS) is 27.7. The Bertz CT molecular complexity index is 760. The summed E-state index contributed by atoms with van der Waals surface area (Å²) in [4.78, 5) is 14.3. The smallest absolute Gasteiger partial charge is 0.252 e. The fraction of sp³-hybridized carbons (Fsp3) is 0.722. The van der Waals surface area contributed by atoms with E-state index in [-0.39, 0.29) is 10.1 Å². The van der Waals surface area contributed by atoms with E-state index in [0.29, 0.717) is 54.9 Å². The first kappa shape index (κ1) is 21.0. The van der Waals surface area contributed by atoms with Crippen LogP contribution in [0.5, 0.6) is 0 Å². The van der Waals surface area contributed by atoms with Gasteiger partial charge in [0.05, 0.1) is 10.9 Å². The molecule has 3 unspecified atom stereocenters. The molecule has 2 fully saturated rings. The van der Waals surface area contributed by atoms with Crippen LogP contribution in [0.1, 0.15) is 33.1 Å². The molecule has 3 rings (SSSR count).